The van der Waals surface area contributed by atoms with Crippen LogP contribution in [0.2, 0.25) is 0 Å². The molecule has 2 unspecified atom stereocenters. The van der Waals surface area contributed by atoms with E-state index in [0.29, 0.717) is 56.1 Å². The van der Waals surface area contributed by atoms with E-state index in [0.717, 1.165) is 11.1 Å². The van der Waals surface area contributed by atoms with Gasteiger partial charge in [0, 0.05) is 36.4 Å². The average molecular weight is 855 g/mol. The van der Waals surface area contributed by atoms with Crippen molar-refractivity contribution in [2.24, 2.45) is 5.92 Å². The Morgan fingerprint density at radius 1 is 1.09 bits per heavy atom. The van der Waals surface area contributed by atoms with Crippen molar-refractivity contribution in [2.45, 2.75) is 101 Å². The second-order valence-electron chi connectivity index (χ2n) is 15.4. The summed E-state index contributed by atoms with van der Waals surface area (Å²) in [6.45, 7) is 2.90. The van der Waals surface area contributed by atoms with Gasteiger partial charge in [-0.1, -0.05) is 6.07 Å². The van der Waals surface area contributed by atoms with E-state index in [-0.39, 0.29) is 73.7 Å². The molecule has 3 saturated heterocycles. The van der Waals surface area contributed by atoms with Gasteiger partial charge in [0.15, 0.2) is 10.8 Å². The zero-order valence-corrected chi connectivity index (χ0v) is 33.4. The second-order valence-corrected chi connectivity index (χ2v) is 15.7. The molecule has 4 heterocycles. The Balaban J connectivity index is 0.00000641. The number of nitriles is 1. The highest BCUT2D eigenvalue weighted by molar-refractivity contribution is 7.80. The van der Waals surface area contributed by atoms with Crippen molar-refractivity contribution in [2.75, 3.05) is 41.8 Å². The lowest BCUT2D eigenvalue weighted by Crippen LogP contribution is -2.51. The number of amides is 4. The van der Waals surface area contributed by atoms with Gasteiger partial charge in [-0.25, -0.2) is 13.8 Å². The maximum Gasteiger partial charge on any atom is 0.419 e. The fourth-order valence-electron chi connectivity index (χ4n) is 8.05. The lowest BCUT2D eigenvalue weighted by Gasteiger charge is -2.41. The Hall–Kier alpha value is -4.51. The van der Waals surface area contributed by atoms with Crippen LogP contribution in [0.3, 0.4) is 0 Å². The molecule has 2 aromatic rings. The third-order valence-corrected chi connectivity index (χ3v) is 11.4. The summed E-state index contributed by atoms with van der Waals surface area (Å²) in [6.07, 6.45) is -0.983. The minimum Gasteiger partial charge on any atom is -0.378 e. The summed E-state index contributed by atoms with van der Waals surface area (Å²) in [5, 5.41) is 17.2. The highest BCUT2D eigenvalue weighted by atomic mass is 35.5. The van der Waals surface area contributed by atoms with Crippen molar-refractivity contribution < 1.29 is 45.9 Å². The Labute approximate surface area is 343 Å². The molecule has 1 aliphatic carbocycles. The molecule has 58 heavy (non-hydrogen) atoms. The van der Waals surface area contributed by atoms with Crippen LogP contribution >= 0.6 is 24.6 Å². The van der Waals surface area contributed by atoms with E-state index in [2.05, 4.69) is 20.9 Å². The van der Waals surface area contributed by atoms with Crippen LogP contribution in [0.25, 0.3) is 0 Å². The molecule has 13 nitrogen and oxygen atoms in total. The number of rotatable bonds is 11. The number of anilines is 3. The molecule has 0 radical (unpaired) electrons. The number of hydrogen-bond donors (Lipinski definition) is 3. The number of ether oxygens (including phenoxy) is 1. The molecule has 3 aliphatic heterocycles. The van der Waals surface area contributed by atoms with Crippen LogP contribution in [-0.4, -0.2) is 99.4 Å². The van der Waals surface area contributed by atoms with Gasteiger partial charge in [0.25, 0.3) is 11.8 Å². The molecule has 3 N–H and O–H groups in total. The first-order valence-corrected chi connectivity index (χ1v) is 19.2. The maximum absolute atomic E-state index is 15.3. The number of thiocarbonyl (C=S) groups is 1. The predicted molar refractivity (Wildman–Crippen MR) is 208 cm³/mol. The van der Waals surface area contributed by atoms with Crippen LogP contribution in [0.15, 0.2) is 36.5 Å². The number of hydrogen-bond acceptors (Lipinski definition) is 10. The number of carbonyl (C=O) groups excluding carboxylic acids is 4. The number of alkyl halides is 5. The quantitative estimate of drug-likeness (QED) is 0.146. The fraction of sp³-hybridized carbons (Fsp3) is 0.553. The number of piperidine rings is 2. The highest BCUT2D eigenvalue weighted by Crippen LogP contribution is 2.41. The Morgan fingerprint density at radius 3 is 2.45 bits per heavy atom. The van der Waals surface area contributed by atoms with Crippen molar-refractivity contribution in [1.82, 2.24) is 20.1 Å². The molecule has 0 bridgehead atoms. The van der Waals surface area contributed by atoms with Gasteiger partial charge in [-0.15, -0.1) is 12.4 Å². The van der Waals surface area contributed by atoms with E-state index in [1.165, 1.54) is 11.0 Å². The maximum atomic E-state index is 15.3. The van der Waals surface area contributed by atoms with Gasteiger partial charge in [0.05, 0.1) is 36.6 Å². The number of carbonyl (C=O) groups is 4. The summed E-state index contributed by atoms with van der Waals surface area (Å²) in [5.74, 6) is -5.73. The van der Waals surface area contributed by atoms with Crippen LogP contribution < -0.4 is 20.9 Å². The summed E-state index contributed by atoms with van der Waals surface area (Å²) < 4.78 is 77.7. The van der Waals surface area contributed by atoms with Crippen LogP contribution in [-0.2, 0) is 30.1 Å². The van der Waals surface area contributed by atoms with Crippen LogP contribution in [0, 0.1) is 17.2 Å². The molecule has 20 heteroatoms. The minimum absolute atomic E-state index is 0. The Kier molecular flexibility index (Phi) is 13.7. The van der Waals surface area contributed by atoms with Gasteiger partial charge in [-0.05, 0) is 102 Å². The van der Waals surface area contributed by atoms with Crippen LogP contribution in [0.4, 0.5) is 39.0 Å². The molecular formula is C38H44ClF5N8O5S. The number of likely N-dealkylation sites (tertiary alicyclic amines) is 1. The molecule has 1 saturated carbocycles. The monoisotopic (exact) mass is 854 g/mol. The number of benzene rings is 1. The molecule has 2 atom stereocenters. The van der Waals surface area contributed by atoms with Crippen LogP contribution in [0.1, 0.15) is 76.5 Å². The smallest absolute Gasteiger partial charge is 0.378 e. The number of nitrogens with one attached hydrogen (secondary N) is 3. The Bertz CT molecular complexity index is 1960. The average Bonchev–Trinajstić information content (AvgIpc) is 3.31. The molecule has 4 amide bonds. The summed E-state index contributed by atoms with van der Waals surface area (Å²) in [5.41, 5.74) is -2.45. The largest absolute Gasteiger partial charge is 0.419 e. The first-order chi connectivity index (χ1) is 26.9. The number of imide groups is 1. The van der Waals surface area contributed by atoms with Gasteiger partial charge in [-0.2, -0.15) is 18.4 Å². The lowest BCUT2D eigenvalue weighted by atomic mass is 9.88. The van der Waals surface area contributed by atoms with Gasteiger partial charge in [0.1, 0.15) is 17.6 Å². The number of pyridine rings is 1. The summed E-state index contributed by atoms with van der Waals surface area (Å²) in [7, 11) is 0. The molecule has 6 rings (SSSR count). The Morgan fingerprint density at radius 2 is 1.79 bits per heavy atom. The van der Waals surface area contributed by atoms with Gasteiger partial charge in [0.2, 0.25) is 17.7 Å². The lowest BCUT2D eigenvalue weighted by molar-refractivity contribution is -0.138. The topological polar surface area (TPSA) is 160 Å². The molecule has 1 aromatic heterocycles. The zero-order valence-electron chi connectivity index (χ0n) is 31.7. The van der Waals surface area contributed by atoms with Crippen molar-refractivity contribution in [3.8, 4) is 6.07 Å². The highest BCUT2D eigenvalue weighted by Gasteiger charge is 2.53. The standard InChI is InChI=1S/C38H43F5N8O5S.ClH/c1-36(2)34(55)50(26-17-28(38(41,42)43)30(18-44)45-19-26)35(57)51(36)25-6-8-27(9-7-25)56-15-13-22-12-14-49(21-37(22,39)40)20-32(53)47-24-5-3-4-23(16-24)46-29-10-11-31(52)48-33(29)54;/h3-5,16-17,19,22,25,27,29,46H,6-15,20-21H2,1-2H3,(H,47,53)(H,48,52,54);1H. The van der Waals surface area contributed by atoms with E-state index in [9.17, 15) is 32.3 Å². The van der Waals surface area contributed by atoms with E-state index in [4.69, 9.17) is 22.2 Å². The number of halogens is 6. The van der Waals surface area contributed by atoms with Crippen molar-refractivity contribution in [3.63, 3.8) is 0 Å². The molecule has 4 fully saturated rings. The molecule has 4 aliphatic rings. The van der Waals surface area contributed by atoms with Gasteiger partial charge < -0.3 is 20.3 Å². The summed E-state index contributed by atoms with van der Waals surface area (Å²) >= 11 is 5.65. The number of nitrogens with zero attached hydrogens (tertiary/aromatic N) is 5. The third-order valence-electron chi connectivity index (χ3n) is 11.0. The van der Waals surface area contributed by atoms with Crippen molar-refractivity contribution in [3.05, 3.63) is 47.8 Å². The van der Waals surface area contributed by atoms with Gasteiger partial charge in [-0.3, -0.25) is 34.3 Å². The normalized spacial score (nSPS) is 24.8. The van der Waals surface area contributed by atoms with Gasteiger partial charge >= 0.3 is 6.18 Å². The van der Waals surface area contributed by atoms with Crippen molar-refractivity contribution >= 4 is 70.4 Å². The van der Waals surface area contributed by atoms with E-state index in [1.807, 2.05) is 0 Å². The van der Waals surface area contributed by atoms with E-state index >= 15 is 8.78 Å². The first kappa shape index (κ1) is 44.6. The van der Waals surface area contributed by atoms with E-state index in [1.54, 1.807) is 43.0 Å². The third kappa shape index (κ3) is 9.84. The number of aromatic nitrogens is 1. The first-order valence-electron chi connectivity index (χ1n) is 18.7. The van der Waals surface area contributed by atoms with Crippen molar-refractivity contribution in [1.29, 1.82) is 5.26 Å². The SMILES string of the molecule is CC1(C)C(=O)N(c2cnc(C#N)c(C(F)(F)F)c2)C(=S)N1C1CCC(OCCC2CCN(CC(=O)Nc3cccc(NC4CCC(=O)NC4=O)c3)CC2(F)F)CC1.Cl. The molecule has 1 aromatic carbocycles. The predicted octanol–water partition coefficient (Wildman–Crippen LogP) is 5.64. The fourth-order valence-corrected chi connectivity index (χ4v) is 8.61. The summed E-state index contributed by atoms with van der Waals surface area (Å²) in [4.78, 5) is 57.7. The second kappa shape index (κ2) is 17.8. The minimum atomic E-state index is -4.87. The summed E-state index contributed by atoms with van der Waals surface area (Å²) in [6, 6.07) is 7.97. The molecular weight excluding hydrogens is 811 g/mol. The zero-order chi connectivity index (χ0) is 41.3. The van der Waals surface area contributed by atoms with Crippen LogP contribution in [0.5, 0.6) is 0 Å². The molecule has 314 valence electrons. The molecule has 0 spiro atoms. The van der Waals surface area contributed by atoms with E-state index < -0.39 is 65.1 Å².